The fraction of sp³-hybridized carbons (Fsp3) is 0.588. The second-order valence-corrected chi connectivity index (χ2v) is 8.38. The standard InChI is InChI=1S/C17H24N2O3S/c20-17(18-10-2-1-3-11-18)16-8-6-15(7-9-16)14-23(21,22)19-12-4-5-13-19/h6-9H,1-5,10-14H2. The van der Waals surface area contributed by atoms with Crippen molar-refractivity contribution in [3.63, 3.8) is 0 Å². The van der Waals surface area contributed by atoms with E-state index < -0.39 is 10.0 Å². The molecule has 0 aromatic heterocycles. The first kappa shape index (κ1) is 16.5. The molecule has 0 atom stereocenters. The van der Waals surface area contributed by atoms with Crippen LogP contribution in [-0.4, -0.2) is 49.7 Å². The number of carbonyl (C=O) groups excluding carboxylic acids is 1. The van der Waals surface area contributed by atoms with Crippen LogP contribution < -0.4 is 0 Å². The third-order valence-electron chi connectivity index (χ3n) is 4.65. The van der Waals surface area contributed by atoms with Crippen molar-refractivity contribution in [2.24, 2.45) is 0 Å². The van der Waals surface area contributed by atoms with Crippen LogP contribution in [0.2, 0.25) is 0 Å². The van der Waals surface area contributed by atoms with E-state index in [1.165, 1.54) is 6.42 Å². The molecule has 2 saturated heterocycles. The minimum atomic E-state index is -3.23. The third kappa shape index (κ3) is 3.93. The van der Waals surface area contributed by atoms with Gasteiger partial charge in [-0.3, -0.25) is 4.79 Å². The monoisotopic (exact) mass is 336 g/mol. The fourth-order valence-electron chi connectivity index (χ4n) is 3.29. The van der Waals surface area contributed by atoms with Gasteiger partial charge in [0.2, 0.25) is 10.0 Å². The van der Waals surface area contributed by atoms with Crippen LogP contribution in [0.15, 0.2) is 24.3 Å². The number of hydrogen-bond donors (Lipinski definition) is 0. The molecule has 0 spiro atoms. The van der Waals surface area contributed by atoms with E-state index in [1.54, 1.807) is 28.6 Å². The molecule has 0 bridgehead atoms. The molecular weight excluding hydrogens is 312 g/mol. The molecule has 0 saturated carbocycles. The Balaban J connectivity index is 1.65. The summed E-state index contributed by atoms with van der Waals surface area (Å²) in [6.45, 7) is 2.91. The van der Waals surface area contributed by atoms with E-state index in [2.05, 4.69) is 0 Å². The quantitative estimate of drug-likeness (QED) is 0.847. The van der Waals surface area contributed by atoms with Gasteiger partial charge in [0.25, 0.3) is 5.91 Å². The Labute approximate surface area is 138 Å². The summed E-state index contributed by atoms with van der Waals surface area (Å²) in [4.78, 5) is 14.3. The summed E-state index contributed by atoms with van der Waals surface area (Å²) in [5, 5.41) is 0. The minimum Gasteiger partial charge on any atom is -0.339 e. The van der Waals surface area contributed by atoms with Gasteiger partial charge < -0.3 is 4.90 Å². The highest BCUT2D eigenvalue weighted by Crippen LogP contribution is 2.18. The number of likely N-dealkylation sites (tertiary alicyclic amines) is 1. The van der Waals surface area contributed by atoms with E-state index >= 15 is 0 Å². The van der Waals surface area contributed by atoms with Gasteiger partial charge in [0.15, 0.2) is 0 Å². The molecule has 23 heavy (non-hydrogen) atoms. The summed E-state index contributed by atoms with van der Waals surface area (Å²) in [6, 6.07) is 7.05. The van der Waals surface area contributed by atoms with Gasteiger partial charge in [-0.05, 0) is 49.8 Å². The SMILES string of the molecule is O=C(c1ccc(CS(=O)(=O)N2CCCC2)cc1)N1CCCCC1. The third-order valence-corrected chi connectivity index (χ3v) is 6.50. The van der Waals surface area contributed by atoms with Gasteiger partial charge in [-0.2, -0.15) is 0 Å². The number of nitrogens with zero attached hydrogens (tertiary/aromatic N) is 2. The second kappa shape index (κ2) is 7.01. The maximum absolute atomic E-state index is 12.4. The van der Waals surface area contributed by atoms with Crippen LogP contribution in [0.5, 0.6) is 0 Å². The van der Waals surface area contributed by atoms with Gasteiger partial charge in [0, 0.05) is 31.7 Å². The summed E-state index contributed by atoms with van der Waals surface area (Å²) in [5.41, 5.74) is 1.39. The number of piperidine rings is 1. The molecule has 1 aromatic carbocycles. The molecule has 6 heteroatoms. The maximum atomic E-state index is 12.4. The largest absolute Gasteiger partial charge is 0.339 e. The smallest absolute Gasteiger partial charge is 0.253 e. The first-order valence-electron chi connectivity index (χ1n) is 8.42. The summed E-state index contributed by atoms with van der Waals surface area (Å²) < 4.78 is 26.2. The van der Waals surface area contributed by atoms with Crippen LogP contribution >= 0.6 is 0 Å². The molecule has 2 aliphatic rings. The van der Waals surface area contributed by atoms with Gasteiger partial charge in [0.1, 0.15) is 0 Å². The Morgan fingerprint density at radius 1 is 0.870 bits per heavy atom. The average Bonchev–Trinajstić information content (AvgIpc) is 3.11. The number of amides is 1. The Morgan fingerprint density at radius 2 is 1.43 bits per heavy atom. The Morgan fingerprint density at radius 3 is 2.04 bits per heavy atom. The van der Waals surface area contributed by atoms with E-state index in [1.807, 2.05) is 4.90 Å². The molecule has 2 aliphatic heterocycles. The van der Waals surface area contributed by atoms with E-state index in [0.29, 0.717) is 18.7 Å². The van der Waals surface area contributed by atoms with Crippen LogP contribution in [0.3, 0.4) is 0 Å². The molecule has 2 fully saturated rings. The predicted octanol–water partition coefficient (Wildman–Crippen LogP) is 2.24. The van der Waals surface area contributed by atoms with Crippen molar-refractivity contribution in [1.82, 2.24) is 9.21 Å². The zero-order chi connectivity index (χ0) is 16.3. The lowest BCUT2D eigenvalue weighted by Crippen LogP contribution is -2.35. The molecule has 1 amide bonds. The molecule has 3 rings (SSSR count). The van der Waals surface area contributed by atoms with Crippen LogP contribution in [0, 0.1) is 0 Å². The van der Waals surface area contributed by atoms with Crippen LogP contribution in [-0.2, 0) is 15.8 Å². The zero-order valence-corrected chi connectivity index (χ0v) is 14.2. The van der Waals surface area contributed by atoms with Gasteiger partial charge >= 0.3 is 0 Å². The minimum absolute atomic E-state index is 0.0190. The van der Waals surface area contributed by atoms with Crippen molar-refractivity contribution in [3.05, 3.63) is 35.4 Å². The lowest BCUT2D eigenvalue weighted by Gasteiger charge is -2.26. The van der Waals surface area contributed by atoms with Crippen molar-refractivity contribution in [2.75, 3.05) is 26.2 Å². The number of benzene rings is 1. The second-order valence-electron chi connectivity index (χ2n) is 6.41. The Kier molecular flexibility index (Phi) is 5.02. The Bertz CT molecular complexity index is 643. The number of rotatable bonds is 4. The summed E-state index contributed by atoms with van der Waals surface area (Å²) in [7, 11) is -3.23. The van der Waals surface area contributed by atoms with Crippen molar-refractivity contribution in [1.29, 1.82) is 0 Å². The average molecular weight is 336 g/mol. The highest BCUT2D eigenvalue weighted by atomic mass is 32.2. The molecule has 126 valence electrons. The van der Waals surface area contributed by atoms with E-state index in [0.717, 1.165) is 44.3 Å². The number of carbonyl (C=O) groups is 1. The topological polar surface area (TPSA) is 57.7 Å². The van der Waals surface area contributed by atoms with Crippen LogP contribution in [0.1, 0.15) is 48.0 Å². The first-order chi connectivity index (χ1) is 11.1. The molecule has 0 N–H and O–H groups in total. The summed E-state index contributed by atoms with van der Waals surface area (Å²) >= 11 is 0. The zero-order valence-electron chi connectivity index (χ0n) is 13.4. The van der Waals surface area contributed by atoms with Gasteiger partial charge in [-0.15, -0.1) is 0 Å². The van der Waals surface area contributed by atoms with Gasteiger partial charge in [-0.25, -0.2) is 12.7 Å². The number of sulfonamides is 1. The molecule has 0 radical (unpaired) electrons. The molecule has 0 unspecified atom stereocenters. The van der Waals surface area contributed by atoms with Crippen molar-refractivity contribution >= 4 is 15.9 Å². The van der Waals surface area contributed by atoms with E-state index in [4.69, 9.17) is 0 Å². The Hall–Kier alpha value is -1.40. The van der Waals surface area contributed by atoms with Crippen molar-refractivity contribution in [2.45, 2.75) is 37.9 Å². The molecule has 5 nitrogen and oxygen atoms in total. The molecule has 2 heterocycles. The summed E-state index contributed by atoms with van der Waals surface area (Å²) in [6.07, 6.45) is 5.22. The molecule has 1 aromatic rings. The van der Waals surface area contributed by atoms with E-state index in [-0.39, 0.29) is 11.7 Å². The highest BCUT2D eigenvalue weighted by molar-refractivity contribution is 7.88. The molecular formula is C17H24N2O3S. The van der Waals surface area contributed by atoms with Crippen LogP contribution in [0.4, 0.5) is 0 Å². The lowest BCUT2D eigenvalue weighted by atomic mass is 10.1. The lowest BCUT2D eigenvalue weighted by molar-refractivity contribution is 0.0724. The summed E-state index contributed by atoms with van der Waals surface area (Å²) in [5.74, 6) is 0.0733. The van der Waals surface area contributed by atoms with Gasteiger partial charge in [-0.1, -0.05) is 12.1 Å². The van der Waals surface area contributed by atoms with Crippen molar-refractivity contribution in [3.8, 4) is 0 Å². The maximum Gasteiger partial charge on any atom is 0.253 e. The van der Waals surface area contributed by atoms with Gasteiger partial charge in [0.05, 0.1) is 5.75 Å². The fourth-order valence-corrected chi connectivity index (χ4v) is 4.90. The normalized spacial score (nSPS) is 19.9. The van der Waals surface area contributed by atoms with E-state index in [9.17, 15) is 13.2 Å². The first-order valence-corrected chi connectivity index (χ1v) is 10.0. The van der Waals surface area contributed by atoms with Crippen LogP contribution in [0.25, 0.3) is 0 Å². The predicted molar refractivity (Wildman–Crippen MR) is 89.6 cm³/mol. The highest BCUT2D eigenvalue weighted by Gasteiger charge is 2.25. The number of hydrogen-bond acceptors (Lipinski definition) is 3. The molecule has 0 aliphatic carbocycles. The van der Waals surface area contributed by atoms with Crippen molar-refractivity contribution < 1.29 is 13.2 Å².